The fourth-order valence-corrected chi connectivity index (χ4v) is 2.46. The van der Waals surface area contributed by atoms with E-state index < -0.39 is 6.43 Å². The average Bonchev–Trinajstić information content (AvgIpc) is 2.39. The molecule has 2 unspecified atom stereocenters. The van der Waals surface area contributed by atoms with E-state index in [9.17, 15) is 13.6 Å². The minimum absolute atomic E-state index is 0. The van der Waals surface area contributed by atoms with Gasteiger partial charge in [-0.15, -0.1) is 12.4 Å². The topological polar surface area (TPSA) is 55.1 Å². The Kier molecular flexibility index (Phi) is 6.36. The number of rotatable bonds is 3. The minimum atomic E-state index is -2.53. The van der Waals surface area contributed by atoms with Crippen LogP contribution in [-0.4, -0.2) is 11.9 Å². The first-order valence-electron chi connectivity index (χ1n) is 6.51. The van der Waals surface area contributed by atoms with E-state index >= 15 is 0 Å². The molecule has 0 bridgehead atoms. The van der Waals surface area contributed by atoms with Crippen molar-refractivity contribution in [1.82, 2.24) is 0 Å². The SMILES string of the molecule is Cl.NC1CCCC(C(=O)Nc2cccc(C(F)F)c2)C1. The molecule has 1 aromatic rings. The van der Waals surface area contributed by atoms with Gasteiger partial charge in [-0.2, -0.15) is 0 Å². The van der Waals surface area contributed by atoms with Gasteiger partial charge in [0.2, 0.25) is 5.91 Å². The lowest BCUT2D eigenvalue weighted by atomic mass is 9.85. The molecule has 112 valence electrons. The van der Waals surface area contributed by atoms with Crippen LogP contribution in [0.3, 0.4) is 0 Å². The summed E-state index contributed by atoms with van der Waals surface area (Å²) in [6.45, 7) is 0. The Morgan fingerprint density at radius 1 is 1.35 bits per heavy atom. The molecule has 1 aromatic carbocycles. The maximum absolute atomic E-state index is 12.6. The molecule has 2 atom stereocenters. The zero-order valence-electron chi connectivity index (χ0n) is 11.0. The van der Waals surface area contributed by atoms with Gasteiger partial charge in [-0.3, -0.25) is 4.79 Å². The maximum Gasteiger partial charge on any atom is 0.263 e. The van der Waals surface area contributed by atoms with E-state index in [1.54, 1.807) is 6.07 Å². The molecule has 0 saturated heterocycles. The lowest BCUT2D eigenvalue weighted by Gasteiger charge is -2.25. The van der Waals surface area contributed by atoms with E-state index in [0.717, 1.165) is 19.3 Å². The summed E-state index contributed by atoms with van der Waals surface area (Å²) in [7, 11) is 0. The number of carbonyl (C=O) groups is 1. The Morgan fingerprint density at radius 2 is 2.10 bits per heavy atom. The summed E-state index contributed by atoms with van der Waals surface area (Å²) >= 11 is 0. The molecule has 0 heterocycles. The molecule has 0 aromatic heterocycles. The van der Waals surface area contributed by atoms with Crippen molar-refractivity contribution in [2.75, 3.05) is 5.32 Å². The van der Waals surface area contributed by atoms with E-state index in [-0.39, 0.29) is 35.8 Å². The molecule has 1 aliphatic rings. The van der Waals surface area contributed by atoms with Crippen LogP contribution < -0.4 is 11.1 Å². The van der Waals surface area contributed by atoms with Crippen LogP contribution in [0.15, 0.2) is 24.3 Å². The Hall–Kier alpha value is -1.20. The summed E-state index contributed by atoms with van der Waals surface area (Å²) in [6, 6.07) is 5.86. The molecule has 6 heteroatoms. The number of hydrogen-bond acceptors (Lipinski definition) is 2. The zero-order chi connectivity index (χ0) is 13.8. The molecule has 1 fully saturated rings. The zero-order valence-corrected chi connectivity index (χ0v) is 11.8. The molecule has 1 amide bonds. The Labute approximate surface area is 123 Å². The molecular formula is C14H19ClF2N2O. The predicted molar refractivity (Wildman–Crippen MR) is 77.2 cm³/mol. The van der Waals surface area contributed by atoms with E-state index in [0.29, 0.717) is 12.1 Å². The van der Waals surface area contributed by atoms with Crippen molar-refractivity contribution in [3.63, 3.8) is 0 Å². The monoisotopic (exact) mass is 304 g/mol. The van der Waals surface area contributed by atoms with E-state index in [1.807, 2.05) is 0 Å². The highest BCUT2D eigenvalue weighted by atomic mass is 35.5. The number of hydrogen-bond donors (Lipinski definition) is 2. The molecule has 1 saturated carbocycles. The van der Waals surface area contributed by atoms with Crippen molar-refractivity contribution in [3.05, 3.63) is 29.8 Å². The van der Waals surface area contributed by atoms with Gasteiger partial charge in [-0.1, -0.05) is 18.6 Å². The third-order valence-corrected chi connectivity index (χ3v) is 3.49. The first-order valence-corrected chi connectivity index (χ1v) is 6.51. The van der Waals surface area contributed by atoms with Crippen molar-refractivity contribution >= 4 is 24.0 Å². The van der Waals surface area contributed by atoms with Gasteiger partial charge in [0, 0.05) is 23.2 Å². The summed E-state index contributed by atoms with van der Waals surface area (Å²) in [5.74, 6) is -0.236. The van der Waals surface area contributed by atoms with Crippen LogP contribution in [0.4, 0.5) is 14.5 Å². The number of halogens is 3. The number of benzene rings is 1. The Bertz CT molecular complexity index is 457. The third-order valence-electron chi connectivity index (χ3n) is 3.49. The van der Waals surface area contributed by atoms with Crippen molar-refractivity contribution in [2.24, 2.45) is 11.7 Å². The fraction of sp³-hybridized carbons (Fsp3) is 0.500. The lowest BCUT2D eigenvalue weighted by Crippen LogP contribution is -2.34. The quantitative estimate of drug-likeness (QED) is 0.898. The normalized spacial score (nSPS) is 22.2. The summed E-state index contributed by atoms with van der Waals surface area (Å²) in [5.41, 5.74) is 6.17. The second-order valence-corrected chi connectivity index (χ2v) is 5.04. The van der Waals surface area contributed by atoms with Crippen LogP contribution in [0.5, 0.6) is 0 Å². The van der Waals surface area contributed by atoms with Crippen molar-refractivity contribution in [1.29, 1.82) is 0 Å². The highest BCUT2D eigenvalue weighted by Gasteiger charge is 2.25. The Morgan fingerprint density at radius 3 is 2.75 bits per heavy atom. The van der Waals surface area contributed by atoms with Crippen LogP contribution in [0, 0.1) is 5.92 Å². The molecule has 0 radical (unpaired) electrons. The highest BCUT2D eigenvalue weighted by Crippen LogP contribution is 2.26. The smallest absolute Gasteiger partial charge is 0.263 e. The van der Waals surface area contributed by atoms with Crippen LogP contribution in [0.25, 0.3) is 0 Å². The van der Waals surface area contributed by atoms with Crippen LogP contribution in [0.1, 0.15) is 37.7 Å². The fourth-order valence-electron chi connectivity index (χ4n) is 2.46. The highest BCUT2D eigenvalue weighted by molar-refractivity contribution is 5.92. The van der Waals surface area contributed by atoms with Gasteiger partial charge in [0.1, 0.15) is 0 Å². The number of carbonyl (C=O) groups excluding carboxylic acids is 1. The van der Waals surface area contributed by atoms with E-state index in [2.05, 4.69) is 5.32 Å². The number of nitrogens with one attached hydrogen (secondary N) is 1. The largest absolute Gasteiger partial charge is 0.328 e. The predicted octanol–water partition coefficient (Wildman–Crippen LogP) is 3.50. The second kappa shape index (κ2) is 7.55. The van der Waals surface area contributed by atoms with Crippen molar-refractivity contribution in [2.45, 2.75) is 38.2 Å². The number of amides is 1. The standard InChI is InChI=1S/C14H18F2N2O.ClH/c15-13(16)9-3-2-6-12(8-9)18-14(19)10-4-1-5-11(17)7-10;/h2-3,6,8,10-11,13H,1,4-5,7,17H2,(H,18,19);1H. The summed E-state index contributed by atoms with van der Waals surface area (Å²) in [6.07, 6.45) is 0.843. The van der Waals surface area contributed by atoms with Crippen LogP contribution in [0.2, 0.25) is 0 Å². The summed E-state index contributed by atoms with van der Waals surface area (Å²) < 4.78 is 25.1. The van der Waals surface area contributed by atoms with Gasteiger partial charge in [0.25, 0.3) is 6.43 Å². The molecule has 0 aliphatic heterocycles. The molecule has 0 spiro atoms. The number of nitrogens with two attached hydrogens (primary N) is 1. The van der Waals surface area contributed by atoms with Crippen LogP contribution in [-0.2, 0) is 4.79 Å². The molecule has 2 rings (SSSR count). The average molecular weight is 305 g/mol. The minimum Gasteiger partial charge on any atom is -0.328 e. The van der Waals surface area contributed by atoms with Gasteiger partial charge in [-0.05, 0) is 31.4 Å². The molecular weight excluding hydrogens is 286 g/mol. The lowest BCUT2D eigenvalue weighted by molar-refractivity contribution is -0.120. The Balaban J connectivity index is 0.00000200. The van der Waals surface area contributed by atoms with Crippen molar-refractivity contribution < 1.29 is 13.6 Å². The van der Waals surface area contributed by atoms with Crippen molar-refractivity contribution in [3.8, 4) is 0 Å². The third kappa shape index (κ3) is 4.42. The van der Waals surface area contributed by atoms with Gasteiger partial charge < -0.3 is 11.1 Å². The van der Waals surface area contributed by atoms with Gasteiger partial charge in [-0.25, -0.2) is 8.78 Å². The summed E-state index contributed by atoms with van der Waals surface area (Å²) in [4.78, 5) is 12.0. The first-order chi connectivity index (χ1) is 9.06. The second-order valence-electron chi connectivity index (χ2n) is 5.04. The van der Waals surface area contributed by atoms with E-state index in [1.165, 1.54) is 18.2 Å². The summed E-state index contributed by atoms with van der Waals surface area (Å²) in [5, 5.41) is 2.70. The van der Waals surface area contributed by atoms with Gasteiger partial charge >= 0.3 is 0 Å². The first kappa shape index (κ1) is 16.9. The molecule has 3 nitrogen and oxygen atoms in total. The molecule has 3 N–H and O–H groups in total. The molecule has 1 aliphatic carbocycles. The van der Waals surface area contributed by atoms with Crippen LogP contribution >= 0.6 is 12.4 Å². The van der Waals surface area contributed by atoms with Gasteiger partial charge in [0.15, 0.2) is 0 Å². The maximum atomic E-state index is 12.6. The molecule has 20 heavy (non-hydrogen) atoms. The van der Waals surface area contributed by atoms with E-state index in [4.69, 9.17) is 5.73 Å². The number of alkyl halides is 2. The van der Waals surface area contributed by atoms with Gasteiger partial charge in [0.05, 0.1) is 0 Å². The number of anilines is 1.